The molecule has 0 saturated heterocycles. The highest BCUT2D eigenvalue weighted by Crippen LogP contribution is 2.18. The highest BCUT2D eigenvalue weighted by atomic mass is 35.5. The van der Waals surface area contributed by atoms with Gasteiger partial charge in [-0.05, 0) is 36.4 Å². The van der Waals surface area contributed by atoms with Gasteiger partial charge in [0.05, 0.1) is 5.69 Å². The molecule has 20 heavy (non-hydrogen) atoms. The molecule has 6 heteroatoms. The van der Waals surface area contributed by atoms with Crippen molar-refractivity contribution in [2.24, 2.45) is 0 Å². The number of carbonyl (C=O) groups is 1. The number of halogens is 2. The maximum Gasteiger partial charge on any atom is 0.262 e. The summed E-state index contributed by atoms with van der Waals surface area (Å²) in [6.45, 7) is -0.246. The number of carbonyl (C=O) groups excluding carboxylic acids is 1. The third kappa shape index (κ3) is 3.86. The predicted octanol–water partition coefficient (Wildman–Crippen LogP) is 3.08. The number of hydrogen-bond donors (Lipinski definition) is 2. The van der Waals surface area contributed by atoms with E-state index in [-0.39, 0.29) is 18.0 Å². The molecular formula is C14H12ClFN2O2. The fourth-order valence-corrected chi connectivity index (χ4v) is 1.70. The number of rotatable bonds is 4. The van der Waals surface area contributed by atoms with E-state index >= 15 is 0 Å². The third-order valence-corrected chi connectivity index (χ3v) is 2.67. The van der Waals surface area contributed by atoms with Crippen molar-refractivity contribution in [1.82, 2.24) is 0 Å². The second kappa shape index (κ2) is 6.25. The van der Waals surface area contributed by atoms with Gasteiger partial charge >= 0.3 is 0 Å². The SMILES string of the molecule is Nc1ccc(NC(=O)COc2cccc(Cl)c2)c(F)c1. The summed E-state index contributed by atoms with van der Waals surface area (Å²) in [5.74, 6) is -0.611. The molecule has 0 atom stereocenters. The Labute approximate surface area is 120 Å². The Hall–Kier alpha value is -2.27. The highest BCUT2D eigenvalue weighted by Gasteiger charge is 2.08. The predicted molar refractivity (Wildman–Crippen MR) is 76.4 cm³/mol. The first-order chi connectivity index (χ1) is 9.54. The zero-order chi connectivity index (χ0) is 14.5. The maximum atomic E-state index is 13.5. The number of nitrogen functional groups attached to an aromatic ring is 1. The van der Waals surface area contributed by atoms with Gasteiger partial charge in [0.1, 0.15) is 11.6 Å². The normalized spacial score (nSPS) is 10.1. The fraction of sp³-hybridized carbons (Fsp3) is 0.0714. The Morgan fingerprint density at radius 3 is 2.80 bits per heavy atom. The van der Waals surface area contributed by atoms with Crippen LogP contribution in [0.3, 0.4) is 0 Å². The van der Waals surface area contributed by atoms with Crippen LogP contribution in [0.5, 0.6) is 5.75 Å². The van der Waals surface area contributed by atoms with Crippen molar-refractivity contribution in [2.75, 3.05) is 17.7 Å². The largest absolute Gasteiger partial charge is 0.484 e. The Morgan fingerprint density at radius 2 is 2.10 bits per heavy atom. The van der Waals surface area contributed by atoms with E-state index in [1.807, 2.05) is 0 Å². The number of ether oxygens (including phenoxy) is 1. The number of nitrogens with one attached hydrogen (secondary N) is 1. The van der Waals surface area contributed by atoms with Gasteiger partial charge < -0.3 is 15.8 Å². The summed E-state index contributed by atoms with van der Waals surface area (Å²) in [7, 11) is 0. The molecule has 0 aliphatic heterocycles. The number of nitrogens with two attached hydrogens (primary N) is 1. The molecule has 0 radical (unpaired) electrons. The molecule has 0 aromatic heterocycles. The fourth-order valence-electron chi connectivity index (χ4n) is 1.52. The van der Waals surface area contributed by atoms with Gasteiger partial charge in [0.25, 0.3) is 5.91 Å². The van der Waals surface area contributed by atoms with Gasteiger partial charge in [-0.15, -0.1) is 0 Å². The summed E-state index contributed by atoms with van der Waals surface area (Å²) < 4.78 is 18.7. The Morgan fingerprint density at radius 1 is 1.30 bits per heavy atom. The molecule has 104 valence electrons. The summed E-state index contributed by atoms with van der Waals surface area (Å²) in [5, 5.41) is 2.90. The van der Waals surface area contributed by atoms with Crippen LogP contribution in [0.15, 0.2) is 42.5 Å². The Kier molecular flexibility index (Phi) is 4.42. The van der Waals surface area contributed by atoms with Crippen molar-refractivity contribution >= 4 is 28.9 Å². The van der Waals surface area contributed by atoms with E-state index in [1.165, 1.54) is 12.1 Å². The molecule has 2 rings (SSSR count). The summed E-state index contributed by atoms with van der Waals surface area (Å²) in [4.78, 5) is 11.6. The van der Waals surface area contributed by atoms with E-state index in [0.717, 1.165) is 6.07 Å². The molecule has 0 aliphatic carbocycles. The lowest BCUT2D eigenvalue weighted by Gasteiger charge is -2.08. The van der Waals surface area contributed by atoms with Crippen LogP contribution in [0.25, 0.3) is 0 Å². The molecule has 0 saturated carbocycles. The highest BCUT2D eigenvalue weighted by molar-refractivity contribution is 6.30. The van der Waals surface area contributed by atoms with Crippen LogP contribution >= 0.6 is 11.6 Å². The minimum absolute atomic E-state index is 0.0545. The average molecular weight is 295 g/mol. The molecule has 0 unspecified atom stereocenters. The molecule has 2 aromatic carbocycles. The first kappa shape index (κ1) is 14.1. The number of benzene rings is 2. The standard InChI is InChI=1S/C14H12ClFN2O2/c15-9-2-1-3-11(6-9)20-8-14(19)18-13-5-4-10(17)7-12(13)16/h1-7H,8,17H2,(H,18,19). The molecular weight excluding hydrogens is 283 g/mol. The third-order valence-electron chi connectivity index (χ3n) is 2.43. The van der Waals surface area contributed by atoms with Crippen molar-refractivity contribution in [2.45, 2.75) is 0 Å². The minimum atomic E-state index is -0.596. The molecule has 0 spiro atoms. The Balaban J connectivity index is 1.92. The first-order valence-electron chi connectivity index (χ1n) is 5.78. The van der Waals surface area contributed by atoms with E-state index in [0.29, 0.717) is 10.8 Å². The van der Waals surface area contributed by atoms with Gasteiger partial charge in [0.2, 0.25) is 0 Å². The van der Waals surface area contributed by atoms with E-state index in [1.54, 1.807) is 24.3 Å². The van der Waals surface area contributed by atoms with Crippen LogP contribution in [0, 0.1) is 5.82 Å². The lowest BCUT2D eigenvalue weighted by molar-refractivity contribution is -0.118. The van der Waals surface area contributed by atoms with Gasteiger partial charge in [-0.25, -0.2) is 4.39 Å². The monoisotopic (exact) mass is 294 g/mol. The van der Waals surface area contributed by atoms with Crippen LogP contribution in [-0.4, -0.2) is 12.5 Å². The van der Waals surface area contributed by atoms with Gasteiger partial charge in [-0.2, -0.15) is 0 Å². The van der Waals surface area contributed by atoms with Crippen molar-refractivity contribution in [3.63, 3.8) is 0 Å². The lowest BCUT2D eigenvalue weighted by atomic mass is 10.2. The molecule has 3 N–H and O–H groups in total. The Bertz CT molecular complexity index is 634. The molecule has 2 aromatic rings. The van der Waals surface area contributed by atoms with Gasteiger partial charge in [0, 0.05) is 10.7 Å². The first-order valence-corrected chi connectivity index (χ1v) is 6.15. The number of amides is 1. The quantitative estimate of drug-likeness (QED) is 0.852. The molecule has 4 nitrogen and oxygen atoms in total. The molecule has 0 heterocycles. The maximum absolute atomic E-state index is 13.5. The summed E-state index contributed by atoms with van der Waals surface area (Å²) in [6, 6.07) is 10.7. The zero-order valence-corrected chi connectivity index (χ0v) is 11.2. The second-order valence-electron chi connectivity index (χ2n) is 4.03. The van der Waals surface area contributed by atoms with E-state index in [2.05, 4.69) is 5.32 Å². The zero-order valence-electron chi connectivity index (χ0n) is 10.4. The average Bonchev–Trinajstić information content (AvgIpc) is 2.40. The van der Waals surface area contributed by atoms with Gasteiger partial charge in [0.15, 0.2) is 6.61 Å². The smallest absolute Gasteiger partial charge is 0.262 e. The molecule has 0 aliphatic rings. The summed E-state index contributed by atoms with van der Waals surface area (Å²) in [6.07, 6.45) is 0. The summed E-state index contributed by atoms with van der Waals surface area (Å²) >= 11 is 5.78. The summed E-state index contributed by atoms with van der Waals surface area (Å²) in [5.41, 5.74) is 5.76. The van der Waals surface area contributed by atoms with Crippen molar-refractivity contribution in [3.05, 3.63) is 53.3 Å². The van der Waals surface area contributed by atoms with Crippen LogP contribution in [0.4, 0.5) is 15.8 Å². The molecule has 1 amide bonds. The van der Waals surface area contributed by atoms with E-state index in [9.17, 15) is 9.18 Å². The topological polar surface area (TPSA) is 64.3 Å². The van der Waals surface area contributed by atoms with Crippen LogP contribution in [0.2, 0.25) is 5.02 Å². The number of anilines is 2. The molecule has 0 bridgehead atoms. The van der Waals surface area contributed by atoms with Crippen molar-refractivity contribution in [1.29, 1.82) is 0 Å². The van der Waals surface area contributed by atoms with E-state index in [4.69, 9.17) is 22.1 Å². The van der Waals surface area contributed by atoms with Crippen molar-refractivity contribution in [3.8, 4) is 5.75 Å². The van der Waals surface area contributed by atoms with E-state index < -0.39 is 11.7 Å². The minimum Gasteiger partial charge on any atom is -0.484 e. The van der Waals surface area contributed by atoms with Gasteiger partial charge in [-0.3, -0.25) is 4.79 Å². The van der Waals surface area contributed by atoms with Crippen LogP contribution < -0.4 is 15.8 Å². The molecule has 0 fully saturated rings. The lowest BCUT2D eigenvalue weighted by Crippen LogP contribution is -2.20. The van der Waals surface area contributed by atoms with Crippen LogP contribution in [-0.2, 0) is 4.79 Å². The van der Waals surface area contributed by atoms with Crippen LogP contribution in [0.1, 0.15) is 0 Å². The number of hydrogen-bond acceptors (Lipinski definition) is 3. The van der Waals surface area contributed by atoms with Crippen molar-refractivity contribution < 1.29 is 13.9 Å². The van der Waals surface area contributed by atoms with Gasteiger partial charge in [-0.1, -0.05) is 17.7 Å². The second-order valence-corrected chi connectivity index (χ2v) is 4.47.